The summed E-state index contributed by atoms with van der Waals surface area (Å²) in [6.07, 6.45) is 1.78. The van der Waals surface area contributed by atoms with Crippen molar-refractivity contribution in [2.24, 2.45) is 0 Å². The number of anilines is 2. The molecule has 0 aliphatic carbocycles. The molecular formula is C12H22N4O2. The van der Waals surface area contributed by atoms with Gasteiger partial charge in [-0.3, -0.25) is 0 Å². The van der Waals surface area contributed by atoms with Crippen LogP contribution in [-0.2, 0) is 11.2 Å². The SMILES string of the molecule is CCCc1nc(NCC)c(N)c(OCCOC)n1. The zero-order valence-electron chi connectivity index (χ0n) is 11.3. The normalized spacial score (nSPS) is 10.4. The van der Waals surface area contributed by atoms with Crippen LogP contribution in [0.4, 0.5) is 11.5 Å². The van der Waals surface area contributed by atoms with Gasteiger partial charge in [0, 0.05) is 20.1 Å². The number of aryl methyl sites for hydroxylation is 1. The number of nitrogens with two attached hydrogens (primary N) is 1. The fourth-order valence-electron chi connectivity index (χ4n) is 1.46. The summed E-state index contributed by atoms with van der Waals surface area (Å²) in [5.74, 6) is 1.82. The molecule has 0 unspecified atom stereocenters. The van der Waals surface area contributed by atoms with E-state index in [0.717, 1.165) is 25.2 Å². The van der Waals surface area contributed by atoms with Gasteiger partial charge in [0.15, 0.2) is 5.82 Å². The summed E-state index contributed by atoms with van der Waals surface area (Å²) >= 11 is 0. The van der Waals surface area contributed by atoms with Crippen molar-refractivity contribution >= 4 is 11.5 Å². The average molecular weight is 254 g/mol. The molecule has 0 amide bonds. The lowest BCUT2D eigenvalue weighted by molar-refractivity contribution is 0.144. The lowest BCUT2D eigenvalue weighted by Gasteiger charge is -2.13. The van der Waals surface area contributed by atoms with Crippen molar-refractivity contribution in [2.75, 3.05) is 37.9 Å². The number of ether oxygens (including phenoxy) is 2. The average Bonchev–Trinajstić information content (AvgIpc) is 2.35. The molecule has 0 bridgehead atoms. The first-order valence-electron chi connectivity index (χ1n) is 6.24. The van der Waals surface area contributed by atoms with Crippen LogP contribution >= 0.6 is 0 Å². The Balaban J connectivity index is 2.90. The predicted octanol–water partition coefficient (Wildman–Crippen LogP) is 1.47. The van der Waals surface area contributed by atoms with E-state index in [4.69, 9.17) is 15.2 Å². The van der Waals surface area contributed by atoms with E-state index in [0.29, 0.717) is 30.6 Å². The quantitative estimate of drug-likeness (QED) is 0.684. The van der Waals surface area contributed by atoms with Gasteiger partial charge in [-0.15, -0.1) is 0 Å². The number of nitrogens with one attached hydrogen (secondary N) is 1. The lowest BCUT2D eigenvalue weighted by Crippen LogP contribution is -2.12. The summed E-state index contributed by atoms with van der Waals surface area (Å²) in [6.45, 7) is 5.76. The zero-order chi connectivity index (χ0) is 13.4. The van der Waals surface area contributed by atoms with E-state index in [1.54, 1.807) is 7.11 Å². The third-order valence-corrected chi connectivity index (χ3v) is 2.30. The molecule has 0 saturated carbocycles. The number of nitrogens with zero attached hydrogens (tertiary/aromatic N) is 2. The fraction of sp³-hybridized carbons (Fsp3) is 0.667. The molecule has 18 heavy (non-hydrogen) atoms. The van der Waals surface area contributed by atoms with Crippen LogP contribution in [0.3, 0.4) is 0 Å². The second-order valence-corrected chi connectivity index (χ2v) is 3.83. The molecule has 1 rings (SSSR count). The van der Waals surface area contributed by atoms with Crippen molar-refractivity contribution in [1.82, 2.24) is 9.97 Å². The van der Waals surface area contributed by atoms with Crippen molar-refractivity contribution in [3.8, 4) is 5.88 Å². The second kappa shape index (κ2) is 7.71. The summed E-state index contributed by atoms with van der Waals surface area (Å²) in [4.78, 5) is 8.71. The molecular weight excluding hydrogens is 232 g/mol. The van der Waals surface area contributed by atoms with Gasteiger partial charge in [-0.2, -0.15) is 4.98 Å². The van der Waals surface area contributed by atoms with Crippen LogP contribution in [0.5, 0.6) is 5.88 Å². The molecule has 0 saturated heterocycles. The van der Waals surface area contributed by atoms with Gasteiger partial charge in [0.1, 0.15) is 18.1 Å². The number of methoxy groups -OCH3 is 1. The summed E-state index contributed by atoms with van der Waals surface area (Å²) in [6, 6.07) is 0. The number of rotatable bonds is 8. The van der Waals surface area contributed by atoms with Crippen molar-refractivity contribution in [1.29, 1.82) is 0 Å². The highest BCUT2D eigenvalue weighted by Gasteiger charge is 2.12. The number of aromatic nitrogens is 2. The molecule has 1 aromatic rings. The minimum Gasteiger partial charge on any atom is -0.474 e. The molecule has 0 atom stereocenters. The Morgan fingerprint density at radius 3 is 2.61 bits per heavy atom. The maximum Gasteiger partial charge on any atom is 0.242 e. The number of hydrogen-bond donors (Lipinski definition) is 2. The van der Waals surface area contributed by atoms with Gasteiger partial charge in [-0.1, -0.05) is 6.92 Å². The third kappa shape index (κ3) is 4.03. The van der Waals surface area contributed by atoms with Crippen molar-refractivity contribution in [3.63, 3.8) is 0 Å². The maximum absolute atomic E-state index is 5.96. The van der Waals surface area contributed by atoms with Crippen LogP contribution in [0.1, 0.15) is 26.1 Å². The molecule has 0 aliphatic heterocycles. The van der Waals surface area contributed by atoms with Crippen molar-refractivity contribution in [3.05, 3.63) is 5.82 Å². The van der Waals surface area contributed by atoms with Crippen LogP contribution in [-0.4, -0.2) is 36.8 Å². The first-order valence-corrected chi connectivity index (χ1v) is 6.24. The molecule has 1 heterocycles. The first-order chi connectivity index (χ1) is 8.72. The summed E-state index contributed by atoms with van der Waals surface area (Å²) in [7, 11) is 1.62. The van der Waals surface area contributed by atoms with Crippen LogP contribution in [0.25, 0.3) is 0 Å². The van der Waals surface area contributed by atoms with E-state index in [-0.39, 0.29) is 0 Å². The van der Waals surface area contributed by atoms with Gasteiger partial charge in [-0.05, 0) is 13.3 Å². The molecule has 3 N–H and O–H groups in total. The largest absolute Gasteiger partial charge is 0.474 e. The van der Waals surface area contributed by atoms with E-state index >= 15 is 0 Å². The van der Waals surface area contributed by atoms with Crippen LogP contribution in [0.15, 0.2) is 0 Å². The smallest absolute Gasteiger partial charge is 0.242 e. The van der Waals surface area contributed by atoms with Gasteiger partial charge in [0.25, 0.3) is 0 Å². The Kier molecular flexibility index (Phi) is 6.21. The molecule has 0 radical (unpaired) electrons. The van der Waals surface area contributed by atoms with Crippen molar-refractivity contribution < 1.29 is 9.47 Å². The van der Waals surface area contributed by atoms with Crippen LogP contribution in [0.2, 0.25) is 0 Å². The Morgan fingerprint density at radius 1 is 1.22 bits per heavy atom. The van der Waals surface area contributed by atoms with Crippen LogP contribution < -0.4 is 15.8 Å². The second-order valence-electron chi connectivity index (χ2n) is 3.83. The topological polar surface area (TPSA) is 82.3 Å². The Labute approximate surface area is 108 Å². The van der Waals surface area contributed by atoms with Crippen molar-refractivity contribution in [2.45, 2.75) is 26.7 Å². The highest BCUT2D eigenvalue weighted by molar-refractivity contribution is 5.66. The predicted molar refractivity (Wildman–Crippen MR) is 72.0 cm³/mol. The summed E-state index contributed by atoms with van der Waals surface area (Å²) < 4.78 is 10.4. The summed E-state index contributed by atoms with van der Waals surface area (Å²) in [5, 5.41) is 3.12. The van der Waals surface area contributed by atoms with E-state index in [9.17, 15) is 0 Å². The highest BCUT2D eigenvalue weighted by Crippen LogP contribution is 2.26. The van der Waals surface area contributed by atoms with Gasteiger partial charge in [-0.25, -0.2) is 4.98 Å². The molecule has 0 aliphatic rings. The molecule has 0 spiro atoms. The molecule has 1 aromatic heterocycles. The monoisotopic (exact) mass is 254 g/mol. The standard InChI is InChI=1S/C12H22N4O2/c1-4-6-9-15-11(14-5-2)10(13)12(16-9)18-8-7-17-3/h4-8,13H2,1-3H3,(H,14,15,16). The fourth-order valence-corrected chi connectivity index (χ4v) is 1.46. The Morgan fingerprint density at radius 2 is 2.00 bits per heavy atom. The minimum atomic E-state index is 0.425. The van der Waals surface area contributed by atoms with E-state index < -0.39 is 0 Å². The highest BCUT2D eigenvalue weighted by atomic mass is 16.5. The zero-order valence-corrected chi connectivity index (χ0v) is 11.3. The molecule has 6 heteroatoms. The first kappa shape index (κ1) is 14.5. The lowest BCUT2D eigenvalue weighted by atomic mass is 10.3. The van der Waals surface area contributed by atoms with Crippen LogP contribution in [0, 0.1) is 0 Å². The Bertz CT molecular complexity index is 371. The molecule has 0 aromatic carbocycles. The van der Waals surface area contributed by atoms with E-state index in [2.05, 4.69) is 22.2 Å². The molecule has 0 fully saturated rings. The van der Waals surface area contributed by atoms with Gasteiger partial charge < -0.3 is 20.5 Å². The van der Waals surface area contributed by atoms with Gasteiger partial charge in [0.2, 0.25) is 5.88 Å². The number of hydrogen-bond acceptors (Lipinski definition) is 6. The molecule has 102 valence electrons. The molecule has 6 nitrogen and oxygen atoms in total. The summed E-state index contributed by atoms with van der Waals surface area (Å²) in [5.41, 5.74) is 6.42. The van der Waals surface area contributed by atoms with Gasteiger partial charge >= 0.3 is 0 Å². The third-order valence-electron chi connectivity index (χ3n) is 2.30. The minimum absolute atomic E-state index is 0.425. The van der Waals surface area contributed by atoms with E-state index in [1.807, 2.05) is 6.92 Å². The number of nitrogen functional groups attached to an aromatic ring is 1. The Hall–Kier alpha value is -1.56. The van der Waals surface area contributed by atoms with Gasteiger partial charge in [0.05, 0.1) is 6.61 Å². The van der Waals surface area contributed by atoms with E-state index in [1.165, 1.54) is 0 Å². The maximum atomic E-state index is 5.96.